The summed E-state index contributed by atoms with van der Waals surface area (Å²) in [5, 5.41) is 3.54. The zero-order chi connectivity index (χ0) is 11.0. The van der Waals surface area contributed by atoms with Crippen molar-refractivity contribution in [3.63, 3.8) is 0 Å². The average Bonchev–Trinajstić information content (AvgIpc) is 2.59. The molecule has 2 nitrogen and oxygen atoms in total. The zero-order valence-electron chi connectivity index (χ0n) is 10.5. The summed E-state index contributed by atoms with van der Waals surface area (Å²) in [6, 6.07) is 0.543. The van der Waals surface area contributed by atoms with E-state index in [4.69, 9.17) is 4.74 Å². The van der Waals surface area contributed by atoms with E-state index in [0.29, 0.717) is 17.7 Å². The van der Waals surface area contributed by atoms with E-state index in [-0.39, 0.29) is 5.60 Å². The molecule has 1 aliphatic heterocycles. The van der Waals surface area contributed by atoms with Crippen LogP contribution in [-0.2, 0) is 4.74 Å². The molecule has 3 atom stereocenters. The van der Waals surface area contributed by atoms with E-state index < -0.39 is 0 Å². The van der Waals surface area contributed by atoms with Gasteiger partial charge in [-0.2, -0.15) is 0 Å². The van der Waals surface area contributed by atoms with Gasteiger partial charge in [-0.05, 0) is 41.0 Å². The van der Waals surface area contributed by atoms with Gasteiger partial charge in [0.25, 0.3) is 0 Å². The van der Waals surface area contributed by atoms with Crippen LogP contribution in [0.1, 0.15) is 54.4 Å². The molecule has 0 aromatic rings. The summed E-state index contributed by atoms with van der Waals surface area (Å²) in [4.78, 5) is 0. The molecule has 1 N–H and O–H groups in total. The van der Waals surface area contributed by atoms with Gasteiger partial charge in [-0.1, -0.05) is 13.3 Å². The molecule has 1 aliphatic rings. The number of ether oxygens (including phenoxy) is 1. The third kappa shape index (κ3) is 2.96. The highest BCUT2D eigenvalue weighted by Crippen LogP contribution is 2.35. The van der Waals surface area contributed by atoms with Crippen LogP contribution >= 0.6 is 0 Å². The summed E-state index contributed by atoms with van der Waals surface area (Å²) in [6.07, 6.45) is 2.80. The maximum Gasteiger partial charge on any atom is 0.0725 e. The van der Waals surface area contributed by atoms with Crippen molar-refractivity contribution in [3.05, 3.63) is 0 Å². The van der Waals surface area contributed by atoms with Crippen molar-refractivity contribution in [2.45, 2.75) is 77.7 Å². The second kappa shape index (κ2) is 3.82. The predicted octanol–water partition coefficient (Wildman–Crippen LogP) is 2.72. The molecular formula is C12H25NO. The van der Waals surface area contributed by atoms with E-state index in [1.807, 2.05) is 0 Å². The van der Waals surface area contributed by atoms with Crippen LogP contribution in [-0.4, -0.2) is 23.3 Å². The Kier molecular flexibility index (Phi) is 3.27. The lowest BCUT2D eigenvalue weighted by Crippen LogP contribution is -2.31. The molecule has 1 rings (SSSR count). The minimum absolute atomic E-state index is 0.0309. The average molecular weight is 199 g/mol. The first-order chi connectivity index (χ1) is 6.28. The molecule has 2 heteroatoms. The van der Waals surface area contributed by atoms with E-state index in [1.165, 1.54) is 12.8 Å². The zero-order valence-corrected chi connectivity index (χ0v) is 10.5. The quantitative estimate of drug-likeness (QED) is 0.706. The molecule has 0 amide bonds. The van der Waals surface area contributed by atoms with Crippen molar-refractivity contribution in [3.8, 4) is 0 Å². The first kappa shape index (κ1) is 12.0. The summed E-state index contributed by atoms with van der Waals surface area (Å²) in [5.74, 6) is 0. The van der Waals surface area contributed by atoms with Crippen molar-refractivity contribution in [2.24, 2.45) is 0 Å². The number of hydrogen-bond donors (Lipinski definition) is 1. The molecule has 1 heterocycles. The third-order valence-corrected chi connectivity index (χ3v) is 2.87. The summed E-state index contributed by atoms with van der Waals surface area (Å²) < 4.78 is 5.94. The number of rotatable bonds is 4. The van der Waals surface area contributed by atoms with Crippen molar-refractivity contribution >= 4 is 0 Å². The Morgan fingerprint density at radius 2 is 2.00 bits per heavy atom. The fourth-order valence-electron chi connectivity index (χ4n) is 2.32. The lowest BCUT2D eigenvalue weighted by atomic mass is 9.98. The molecular weight excluding hydrogens is 174 g/mol. The topological polar surface area (TPSA) is 31.2 Å². The van der Waals surface area contributed by atoms with Gasteiger partial charge in [0.2, 0.25) is 0 Å². The highest BCUT2D eigenvalue weighted by Gasteiger charge is 2.52. The third-order valence-electron chi connectivity index (χ3n) is 2.87. The number of nitrogens with one attached hydrogen (secondary N) is 1. The van der Waals surface area contributed by atoms with Gasteiger partial charge in [-0.25, -0.2) is 0 Å². The van der Waals surface area contributed by atoms with Gasteiger partial charge in [-0.15, -0.1) is 0 Å². The molecule has 14 heavy (non-hydrogen) atoms. The predicted molar refractivity (Wildman–Crippen MR) is 60.5 cm³/mol. The highest BCUT2D eigenvalue weighted by atomic mass is 16.5. The van der Waals surface area contributed by atoms with Crippen LogP contribution in [0.5, 0.6) is 0 Å². The largest absolute Gasteiger partial charge is 0.371 e. The van der Waals surface area contributed by atoms with E-state index in [2.05, 4.69) is 46.9 Å². The molecule has 0 radical (unpaired) electrons. The van der Waals surface area contributed by atoms with Gasteiger partial charge < -0.3 is 10.1 Å². The maximum atomic E-state index is 5.94. The Balaban J connectivity index is 2.39. The van der Waals surface area contributed by atoms with E-state index in [9.17, 15) is 0 Å². The molecule has 0 aromatic carbocycles. The highest BCUT2D eigenvalue weighted by molar-refractivity contribution is 5.13. The lowest BCUT2D eigenvalue weighted by molar-refractivity contribution is -0.0532. The first-order valence-electron chi connectivity index (χ1n) is 5.74. The van der Waals surface area contributed by atoms with Gasteiger partial charge in [0.05, 0.1) is 17.7 Å². The normalized spacial score (nSPS) is 34.3. The Bertz CT molecular complexity index is 197. The van der Waals surface area contributed by atoms with Crippen LogP contribution in [0.2, 0.25) is 0 Å². The summed E-state index contributed by atoms with van der Waals surface area (Å²) >= 11 is 0. The minimum atomic E-state index is -0.0309. The van der Waals surface area contributed by atoms with E-state index in [0.717, 1.165) is 0 Å². The molecule has 0 aromatic heterocycles. The van der Waals surface area contributed by atoms with Crippen molar-refractivity contribution in [1.29, 1.82) is 0 Å². The van der Waals surface area contributed by atoms with Gasteiger partial charge in [0.15, 0.2) is 0 Å². The Morgan fingerprint density at radius 3 is 2.43 bits per heavy atom. The lowest BCUT2D eigenvalue weighted by Gasteiger charge is -2.25. The van der Waals surface area contributed by atoms with E-state index >= 15 is 0 Å². The van der Waals surface area contributed by atoms with Crippen LogP contribution in [0.3, 0.4) is 0 Å². The molecule has 0 bridgehead atoms. The second-order valence-electron chi connectivity index (χ2n) is 5.72. The van der Waals surface area contributed by atoms with Crippen molar-refractivity contribution in [2.75, 3.05) is 0 Å². The Hall–Kier alpha value is -0.0800. The van der Waals surface area contributed by atoms with Gasteiger partial charge in [0.1, 0.15) is 0 Å². The van der Waals surface area contributed by atoms with Crippen LogP contribution in [0.4, 0.5) is 0 Å². The summed E-state index contributed by atoms with van der Waals surface area (Å²) in [6.45, 7) is 13.0. The van der Waals surface area contributed by atoms with Gasteiger partial charge in [0, 0.05) is 5.54 Å². The van der Waals surface area contributed by atoms with Crippen LogP contribution in [0.25, 0.3) is 0 Å². The molecule has 0 aliphatic carbocycles. The standard InChI is InChI=1S/C12H25NO/c1-7-8-12(6)10(13-12)9(2)14-11(3,4)5/h9-10,13H,7-8H2,1-6H3. The SMILES string of the molecule is CCCC1(C)NC1C(C)OC(C)(C)C. The Labute approximate surface area is 88.4 Å². The van der Waals surface area contributed by atoms with Crippen molar-refractivity contribution < 1.29 is 4.74 Å². The number of hydrogen-bond acceptors (Lipinski definition) is 2. The van der Waals surface area contributed by atoms with Gasteiger partial charge >= 0.3 is 0 Å². The van der Waals surface area contributed by atoms with Crippen LogP contribution < -0.4 is 5.32 Å². The van der Waals surface area contributed by atoms with Crippen LogP contribution in [0, 0.1) is 0 Å². The maximum absolute atomic E-state index is 5.94. The van der Waals surface area contributed by atoms with Crippen molar-refractivity contribution in [1.82, 2.24) is 5.32 Å². The van der Waals surface area contributed by atoms with E-state index in [1.54, 1.807) is 0 Å². The molecule has 84 valence electrons. The molecule has 0 saturated carbocycles. The van der Waals surface area contributed by atoms with Crippen LogP contribution in [0.15, 0.2) is 0 Å². The fourth-order valence-corrected chi connectivity index (χ4v) is 2.32. The minimum Gasteiger partial charge on any atom is -0.371 e. The summed E-state index contributed by atoms with van der Waals surface area (Å²) in [5.41, 5.74) is 0.302. The molecule has 1 saturated heterocycles. The summed E-state index contributed by atoms with van der Waals surface area (Å²) in [7, 11) is 0. The monoisotopic (exact) mass is 199 g/mol. The molecule has 0 spiro atoms. The molecule has 3 unspecified atom stereocenters. The Morgan fingerprint density at radius 1 is 1.43 bits per heavy atom. The second-order valence-corrected chi connectivity index (χ2v) is 5.72. The fraction of sp³-hybridized carbons (Fsp3) is 1.00. The smallest absolute Gasteiger partial charge is 0.0725 e. The molecule has 1 fully saturated rings. The van der Waals surface area contributed by atoms with Gasteiger partial charge in [-0.3, -0.25) is 0 Å². The first-order valence-corrected chi connectivity index (χ1v) is 5.74.